The van der Waals surface area contributed by atoms with Gasteiger partial charge in [0.1, 0.15) is 11.6 Å². The molecule has 0 aliphatic rings. The fourth-order valence-electron chi connectivity index (χ4n) is 1.67. The second-order valence-electron chi connectivity index (χ2n) is 3.78. The number of H-pyrrole nitrogens is 1. The van der Waals surface area contributed by atoms with Crippen LogP contribution in [0.5, 0.6) is 0 Å². The van der Waals surface area contributed by atoms with Crippen LogP contribution in [0.15, 0.2) is 30.7 Å². The average molecular weight is 234 g/mol. The number of hydrogen-bond acceptors (Lipinski definition) is 3. The molecule has 2 heterocycles. The van der Waals surface area contributed by atoms with E-state index < -0.39 is 0 Å². The van der Waals surface area contributed by atoms with E-state index in [1.165, 1.54) is 12.3 Å². The highest BCUT2D eigenvalue weighted by Gasteiger charge is 2.10. The number of halogens is 1. The molecule has 0 aliphatic heterocycles. The van der Waals surface area contributed by atoms with Crippen LogP contribution in [0, 0.1) is 5.82 Å². The largest absolute Gasteiger partial charge is 0.348 e. The molecule has 17 heavy (non-hydrogen) atoms. The van der Waals surface area contributed by atoms with Gasteiger partial charge in [-0.2, -0.15) is 0 Å². The molecule has 5 heteroatoms. The first kappa shape index (κ1) is 11.7. The normalized spacial score (nSPS) is 12.6. The Kier molecular flexibility index (Phi) is 3.82. The highest BCUT2D eigenvalue weighted by Crippen LogP contribution is 2.14. The van der Waals surface area contributed by atoms with Gasteiger partial charge in [0, 0.05) is 18.4 Å². The molecule has 4 nitrogen and oxygen atoms in total. The van der Waals surface area contributed by atoms with Crippen molar-refractivity contribution >= 4 is 0 Å². The van der Waals surface area contributed by atoms with Crippen LogP contribution in [0.2, 0.25) is 0 Å². The molecule has 0 spiro atoms. The van der Waals surface area contributed by atoms with E-state index in [2.05, 4.69) is 27.2 Å². The smallest absolute Gasteiger partial charge is 0.141 e. The number of rotatable bonds is 5. The Balaban J connectivity index is 1.99. The van der Waals surface area contributed by atoms with Crippen molar-refractivity contribution in [2.24, 2.45) is 0 Å². The van der Waals surface area contributed by atoms with Crippen molar-refractivity contribution in [2.75, 3.05) is 0 Å². The van der Waals surface area contributed by atoms with E-state index in [4.69, 9.17) is 0 Å². The van der Waals surface area contributed by atoms with Gasteiger partial charge in [-0.3, -0.25) is 4.98 Å². The van der Waals surface area contributed by atoms with Crippen molar-refractivity contribution in [2.45, 2.75) is 25.9 Å². The van der Waals surface area contributed by atoms with E-state index in [0.29, 0.717) is 6.54 Å². The number of hydrogen-bond donors (Lipinski definition) is 2. The summed E-state index contributed by atoms with van der Waals surface area (Å²) in [6.45, 7) is 2.70. The lowest BCUT2D eigenvalue weighted by Gasteiger charge is -2.15. The standard InChI is InChI=1S/C12H15FN4/c1-2-10(11-4-3-9(13)7-16-11)17-8-12-14-5-6-15-12/h3-7,10,17H,2,8H2,1H3,(H,14,15). The molecule has 0 radical (unpaired) electrons. The Hall–Kier alpha value is -1.75. The van der Waals surface area contributed by atoms with Gasteiger partial charge in [-0.1, -0.05) is 6.92 Å². The van der Waals surface area contributed by atoms with Crippen molar-refractivity contribution in [1.29, 1.82) is 0 Å². The number of nitrogens with zero attached hydrogens (tertiary/aromatic N) is 2. The topological polar surface area (TPSA) is 53.6 Å². The van der Waals surface area contributed by atoms with Crippen LogP contribution in [-0.2, 0) is 6.54 Å². The molecule has 2 rings (SSSR count). The minimum atomic E-state index is -0.311. The van der Waals surface area contributed by atoms with E-state index in [1.807, 2.05) is 0 Å². The molecule has 1 atom stereocenters. The maximum Gasteiger partial charge on any atom is 0.141 e. The molecule has 2 aromatic rings. The highest BCUT2D eigenvalue weighted by molar-refractivity contribution is 5.09. The summed E-state index contributed by atoms with van der Waals surface area (Å²) < 4.78 is 12.8. The van der Waals surface area contributed by atoms with Crippen LogP contribution in [0.3, 0.4) is 0 Å². The molecule has 2 N–H and O–H groups in total. The van der Waals surface area contributed by atoms with Gasteiger partial charge in [0.15, 0.2) is 0 Å². The van der Waals surface area contributed by atoms with E-state index in [-0.39, 0.29) is 11.9 Å². The van der Waals surface area contributed by atoms with Crippen molar-refractivity contribution in [1.82, 2.24) is 20.3 Å². The Bertz CT molecular complexity index is 438. The van der Waals surface area contributed by atoms with Crippen molar-refractivity contribution in [3.05, 3.63) is 48.1 Å². The lowest BCUT2D eigenvalue weighted by molar-refractivity contribution is 0.496. The molecule has 2 aromatic heterocycles. The summed E-state index contributed by atoms with van der Waals surface area (Å²) in [5.74, 6) is 0.570. The fraction of sp³-hybridized carbons (Fsp3) is 0.333. The Morgan fingerprint density at radius 2 is 2.29 bits per heavy atom. The minimum Gasteiger partial charge on any atom is -0.348 e. The van der Waals surface area contributed by atoms with E-state index >= 15 is 0 Å². The molecule has 0 aliphatic carbocycles. The van der Waals surface area contributed by atoms with Gasteiger partial charge in [0.05, 0.1) is 18.4 Å². The van der Waals surface area contributed by atoms with Crippen LogP contribution in [0.1, 0.15) is 30.9 Å². The first-order chi connectivity index (χ1) is 8.29. The Morgan fingerprint density at radius 1 is 1.41 bits per heavy atom. The Labute approximate surface area is 99.3 Å². The zero-order chi connectivity index (χ0) is 12.1. The minimum absolute atomic E-state index is 0.112. The van der Waals surface area contributed by atoms with Crippen molar-refractivity contribution < 1.29 is 4.39 Å². The van der Waals surface area contributed by atoms with E-state index in [1.54, 1.807) is 18.5 Å². The van der Waals surface area contributed by atoms with Crippen LogP contribution in [-0.4, -0.2) is 15.0 Å². The second-order valence-corrected chi connectivity index (χ2v) is 3.78. The van der Waals surface area contributed by atoms with Gasteiger partial charge >= 0.3 is 0 Å². The molecule has 0 saturated carbocycles. The lowest BCUT2D eigenvalue weighted by atomic mass is 10.1. The van der Waals surface area contributed by atoms with Crippen LogP contribution >= 0.6 is 0 Å². The molecule has 0 saturated heterocycles. The SMILES string of the molecule is CCC(NCc1ncc[nH]1)c1ccc(F)cn1. The quantitative estimate of drug-likeness (QED) is 0.833. The zero-order valence-electron chi connectivity index (χ0n) is 9.65. The Morgan fingerprint density at radius 3 is 2.88 bits per heavy atom. The number of imidazole rings is 1. The number of aromatic nitrogens is 3. The van der Waals surface area contributed by atoms with Crippen molar-refractivity contribution in [3.8, 4) is 0 Å². The monoisotopic (exact) mass is 234 g/mol. The van der Waals surface area contributed by atoms with Gasteiger partial charge in [-0.25, -0.2) is 9.37 Å². The summed E-state index contributed by atoms with van der Waals surface area (Å²) in [5.41, 5.74) is 0.848. The molecule has 0 amide bonds. The maximum atomic E-state index is 12.8. The summed E-state index contributed by atoms with van der Waals surface area (Å²) >= 11 is 0. The van der Waals surface area contributed by atoms with E-state index in [0.717, 1.165) is 17.9 Å². The third-order valence-electron chi connectivity index (χ3n) is 2.59. The second kappa shape index (κ2) is 5.54. The predicted molar refractivity (Wildman–Crippen MR) is 62.7 cm³/mol. The lowest BCUT2D eigenvalue weighted by Crippen LogP contribution is -2.21. The fourth-order valence-corrected chi connectivity index (χ4v) is 1.67. The third kappa shape index (κ3) is 3.10. The molecule has 0 aromatic carbocycles. The van der Waals surface area contributed by atoms with Crippen LogP contribution < -0.4 is 5.32 Å². The predicted octanol–water partition coefficient (Wildman–Crippen LogP) is 2.18. The summed E-state index contributed by atoms with van der Waals surface area (Å²) in [6.07, 6.45) is 5.63. The molecule has 1 unspecified atom stereocenters. The molecule has 90 valence electrons. The third-order valence-corrected chi connectivity index (χ3v) is 2.59. The first-order valence-electron chi connectivity index (χ1n) is 5.62. The summed E-state index contributed by atoms with van der Waals surface area (Å²) in [7, 11) is 0. The van der Waals surface area contributed by atoms with Gasteiger partial charge in [-0.15, -0.1) is 0 Å². The molecule has 0 bridgehead atoms. The van der Waals surface area contributed by atoms with Gasteiger partial charge in [-0.05, 0) is 18.6 Å². The molecular weight excluding hydrogens is 219 g/mol. The number of aromatic amines is 1. The van der Waals surface area contributed by atoms with Crippen molar-refractivity contribution in [3.63, 3.8) is 0 Å². The maximum absolute atomic E-state index is 12.8. The van der Waals surface area contributed by atoms with E-state index in [9.17, 15) is 4.39 Å². The summed E-state index contributed by atoms with van der Waals surface area (Å²) in [6, 6.07) is 3.25. The molecule has 0 fully saturated rings. The summed E-state index contributed by atoms with van der Waals surface area (Å²) in [5, 5.41) is 3.33. The van der Waals surface area contributed by atoms with Gasteiger partial charge in [0.25, 0.3) is 0 Å². The number of pyridine rings is 1. The molecular formula is C12H15FN4. The van der Waals surface area contributed by atoms with Crippen LogP contribution in [0.25, 0.3) is 0 Å². The van der Waals surface area contributed by atoms with Gasteiger partial charge in [0.2, 0.25) is 0 Å². The van der Waals surface area contributed by atoms with Crippen LogP contribution in [0.4, 0.5) is 4.39 Å². The zero-order valence-corrected chi connectivity index (χ0v) is 9.65. The summed E-state index contributed by atoms with van der Waals surface area (Å²) in [4.78, 5) is 11.2. The average Bonchev–Trinajstić information content (AvgIpc) is 2.85. The first-order valence-corrected chi connectivity index (χ1v) is 5.62. The number of nitrogens with one attached hydrogen (secondary N) is 2. The highest BCUT2D eigenvalue weighted by atomic mass is 19.1. The van der Waals surface area contributed by atoms with Gasteiger partial charge < -0.3 is 10.3 Å².